The maximum absolute atomic E-state index is 6.82. The van der Waals surface area contributed by atoms with Crippen molar-refractivity contribution in [1.29, 1.82) is 0 Å². The Balaban J connectivity index is 1.48. The first-order chi connectivity index (χ1) is 20.3. The van der Waals surface area contributed by atoms with Gasteiger partial charge in [0, 0.05) is 37.1 Å². The standard InChI is InChI=1S/C30H52O8Si5/c1-9-42(31-27-19-11-12-20-27,32-28-21-13-14-22-28)37-40(5,6)35-39(3,4)36-41(7,8)38-43(10-2,33-29-23-15-16-24-29)34-30-25-17-18-26-30/h9-10,19,21,23,25H,1-2,11-18,20,22,24,26H2,3-8H3. The minimum atomic E-state index is -3.33. The van der Waals surface area contributed by atoms with E-state index in [-0.39, 0.29) is 0 Å². The van der Waals surface area contributed by atoms with Crippen LogP contribution >= 0.6 is 0 Å². The minimum absolute atomic E-state index is 0.880. The molecule has 0 aromatic rings. The Morgan fingerprint density at radius 3 is 0.930 bits per heavy atom. The fourth-order valence-electron chi connectivity index (χ4n) is 5.97. The van der Waals surface area contributed by atoms with Crippen LogP contribution in [-0.4, -0.2) is 43.3 Å². The van der Waals surface area contributed by atoms with Gasteiger partial charge < -0.3 is 34.2 Å². The Morgan fingerprint density at radius 2 is 0.721 bits per heavy atom. The third-order valence-electron chi connectivity index (χ3n) is 7.35. The van der Waals surface area contributed by atoms with E-state index in [2.05, 4.69) is 37.5 Å². The monoisotopic (exact) mass is 680 g/mol. The molecule has 0 spiro atoms. The molecule has 0 aromatic carbocycles. The Kier molecular flexibility index (Phi) is 11.5. The largest absolute Gasteiger partial charge is 0.651 e. The lowest BCUT2D eigenvalue weighted by molar-refractivity contribution is 0.158. The smallest absolute Gasteiger partial charge is 0.494 e. The second-order valence-corrected chi connectivity index (χ2v) is 28.6. The van der Waals surface area contributed by atoms with Crippen LogP contribution in [0.25, 0.3) is 0 Å². The molecule has 0 heterocycles. The highest BCUT2D eigenvalue weighted by Gasteiger charge is 2.55. The molecule has 0 amide bonds. The molecule has 0 aromatic heterocycles. The molecular weight excluding hydrogens is 629 g/mol. The van der Waals surface area contributed by atoms with Crippen molar-refractivity contribution in [2.75, 3.05) is 0 Å². The molecule has 4 rings (SSSR count). The fourth-order valence-corrected chi connectivity index (χ4v) is 26.5. The van der Waals surface area contributed by atoms with Gasteiger partial charge in [0.1, 0.15) is 0 Å². The molecule has 0 aliphatic heterocycles. The van der Waals surface area contributed by atoms with Crippen molar-refractivity contribution >= 4 is 43.3 Å². The van der Waals surface area contributed by atoms with Gasteiger partial charge >= 0.3 is 43.3 Å². The van der Waals surface area contributed by atoms with Crippen LogP contribution in [-0.2, 0) is 34.2 Å². The van der Waals surface area contributed by atoms with Crippen LogP contribution in [0.4, 0.5) is 0 Å². The van der Waals surface area contributed by atoms with E-state index in [0.29, 0.717) is 0 Å². The van der Waals surface area contributed by atoms with Gasteiger partial charge in [-0.05, 0) is 115 Å². The van der Waals surface area contributed by atoms with Gasteiger partial charge in [-0.15, -0.1) is 0 Å². The number of hydrogen-bond donors (Lipinski definition) is 0. The number of allylic oxidation sites excluding steroid dienone is 8. The second kappa shape index (κ2) is 14.3. The lowest BCUT2D eigenvalue weighted by Gasteiger charge is -2.42. The van der Waals surface area contributed by atoms with Gasteiger partial charge in [0.2, 0.25) is 0 Å². The maximum atomic E-state index is 6.82. The molecule has 0 atom stereocenters. The molecule has 0 saturated carbocycles. The van der Waals surface area contributed by atoms with Gasteiger partial charge in [-0.1, -0.05) is 13.2 Å². The Bertz CT molecular complexity index is 1010. The van der Waals surface area contributed by atoms with Gasteiger partial charge in [-0.3, -0.25) is 0 Å². The van der Waals surface area contributed by atoms with E-state index in [1.807, 2.05) is 39.3 Å². The summed E-state index contributed by atoms with van der Waals surface area (Å²) in [7, 11) is -15.2. The van der Waals surface area contributed by atoms with Gasteiger partial charge in [0.15, 0.2) is 0 Å². The Labute approximate surface area is 264 Å². The molecule has 0 radical (unpaired) electrons. The molecule has 4 aliphatic rings. The molecule has 0 fully saturated rings. The van der Waals surface area contributed by atoms with E-state index in [1.54, 1.807) is 11.4 Å². The SMILES string of the molecule is C=C[Si](OC1=CCCC1)(OC1=CCCC1)O[Si](C)(C)O[Si](C)(C)O[Si](C)(C)O[Si](C=C)(OC1=CCCC1)OC1=CCCC1. The summed E-state index contributed by atoms with van der Waals surface area (Å²) in [6.07, 6.45) is 20.3. The normalized spacial score (nSPS) is 19.9. The van der Waals surface area contributed by atoms with Gasteiger partial charge in [-0.2, -0.15) is 0 Å². The van der Waals surface area contributed by atoms with Crippen molar-refractivity contribution in [1.82, 2.24) is 0 Å². The third-order valence-corrected chi connectivity index (χ3v) is 24.6. The summed E-state index contributed by atoms with van der Waals surface area (Å²) in [4.78, 5) is 0. The summed E-state index contributed by atoms with van der Waals surface area (Å²) in [5, 5.41) is 0. The van der Waals surface area contributed by atoms with Crippen molar-refractivity contribution in [3.8, 4) is 0 Å². The average molecular weight is 681 g/mol. The summed E-state index contributed by atoms with van der Waals surface area (Å²) in [5.41, 5.74) is 3.49. The average Bonchev–Trinajstić information content (AvgIpc) is 3.71. The molecular formula is C30H52O8Si5. The first-order valence-corrected chi connectivity index (χ1v) is 27.9. The van der Waals surface area contributed by atoms with Crippen molar-refractivity contribution in [2.45, 2.75) is 116 Å². The van der Waals surface area contributed by atoms with Crippen molar-refractivity contribution in [3.05, 3.63) is 71.9 Å². The Morgan fingerprint density at radius 1 is 0.465 bits per heavy atom. The predicted octanol–water partition coefficient (Wildman–Crippen LogP) is 8.82. The number of rotatable bonds is 18. The molecule has 4 aliphatic carbocycles. The predicted molar refractivity (Wildman–Crippen MR) is 181 cm³/mol. The summed E-state index contributed by atoms with van der Waals surface area (Å²) >= 11 is 0. The maximum Gasteiger partial charge on any atom is 0.651 e. The van der Waals surface area contributed by atoms with Gasteiger partial charge in [0.05, 0.1) is 23.0 Å². The quantitative estimate of drug-likeness (QED) is 0.133. The molecule has 8 nitrogen and oxygen atoms in total. The van der Waals surface area contributed by atoms with Crippen LogP contribution < -0.4 is 0 Å². The van der Waals surface area contributed by atoms with Gasteiger partial charge in [0.25, 0.3) is 0 Å². The summed E-state index contributed by atoms with van der Waals surface area (Å²) in [5.74, 6) is 3.69. The highest BCUT2D eigenvalue weighted by Crippen LogP contribution is 2.35. The highest BCUT2D eigenvalue weighted by molar-refractivity contribution is 6.89. The molecule has 13 heteroatoms. The van der Waals surface area contributed by atoms with Crippen LogP contribution in [0.5, 0.6) is 0 Å². The zero-order valence-electron chi connectivity index (χ0n) is 27.1. The first kappa shape index (κ1) is 34.4. The second-order valence-electron chi connectivity index (χ2n) is 12.9. The molecule has 0 N–H and O–H groups in total. The number of hydrogen-bond acceptors (Lipinski definition) is 8. The molecule has 240 valence electrons. The van der Waals surface area contributed by atoms with E-state index >= 15 is 0 Å². The summed E-state index contributed by atoms with van der Waals surface area (Å²) in [6, 6.07) is 0. The van der Waals surface area contributed by atoms with E-state index in [1.165, 1.54) is 0 Å². The molecule has 0 bridgehead atoms. The van der Waals surface area contributed by atoms with Crippen molar-refractivity contribution in [3.63, 3.8) is 0 Å². The van der Waals surface area contributed by atoms with Crippen molar-refractivity contribution < 1.29 is 34.2 Å². The van der Waals surface area contributed by atoms with Crippen LogP contribution in [0.2, 0.25) is 39.3 Å². The lowest BCUT2D eigenvalue weighted by Crippen LogP contribution is -2.61. The van der Waals surface area contributed by atoms with E-state index in [0.717, 1.165) is 100 Å². The van der Waals surface area contributed by atoms with Gasteiger partial charge in [-0.25, -0.2) is 0 Å². The highest BCUT2D eigenvalue weighted by atomic mass is 28.5. The van der Waals surface area contributed by atoms with Crippen LogP contribution in [0.3, 0.4) is 0 Å². The van der Waals surface area contributed by atoms with E-state index < -0.39 is 43.3 Å². The van der Waals surface area contributed by atoms with Crippen LogP contribution in [0, 0.1) is 0 Å². The Hall–Kier alpha value is -1.44. The van der Waals surface area contributed by atoms with Crippen LogP contribution in [0.15, 0.2) is 71.9 Å². The molecule has 43 heavy (non-hydrogen) atoms. The fraction of sp³-hybridized carbons (Fsp3) is 0.600. The minimum Gasteiger partial charge on any atom is -0.494 e. The lowest BCUT2D eigenvalue weighted by atomic mass is 10.4. The summed E-state index contributed by atoms with van der Waals surface area (Å²) < 4.78 is 53.4. The zero-order valence-corrected chi connectivity index (χ0v) is 32.1. The topological polar surface area (TPSA) is 73.8 Å². The summed E-state index contributed by atoms with van der Waals surface area (Å²) in [6.45, 7) is 20.4. The zero-order chi connectivity index (χ0) is 31.2. The van der Waals surface area contributed by atoms with E-state index in [9.17, 15) is 0 Å². The molecule has 0 saturated heterocycles. The van der Waals surface area contributed by atoms with E-state index in [4.69, 9.17) is 34.2 Å². The van der Waals surface area contributed by atoms with Crippen LogP contribution in [0.1, 0.15) is 77.0 Å². The molecule has 0 unspecified atom stereocenters. The first-order valence-electron chi connectivity index (χ1n) is 15.9. The third kappa shape index (κ3) is 10.3. The van der Waals surface area contributed by atoms with Crippen molar-refractivity contribution in [2.24, 2.45) is 0 Å².